The average molecular weight is 345 g/mol. The standard InChI is InChI=1S/C19H21ClN2O2/c1-3-4-11-24-18-10-9-17(20)12-16(18)13-21-22-19(23)15-7-5-14(2)6-8-15/h5-10,12-13H,3-4,11H2,1-2H3,(H,22,23)/b21-13+. The van der Waals surface area contributed by atoms with E-state index in [4.69, 9.17) is 16.3 Å². The predicted molar refractivity (Wildman–Crippen MR) is 98.1 cm³/mol. The maximum absolute atomic E-state index is 12.0. The molecule has 2 aromatic carbocycles. The molecule has 4 nitrogen and oxygen atoms in total. The number of aryl methyl sites for hydroxylation is 1. The van der Waals surface area contributed by atoms with Crippen LogP contribution in [0.2, 0.25) is 5.02 Å². The van der Waals surface area contributed by atoms with Crippen LogP contribution in [0.5, 0.6) is 5.75 Å². The molecule has 0 aliphatic heterocycles. The van der Waals surface area contributed by atoms with Crippen molar-refractivity contribution >= 4 is 23.7 Å². The van der Waals surface area contributed by atoms with Crippen molar-refractivity contribution in [1.82, 2.24) is 5.43 Å². The van der Waals surface area contributed by atoms with E-state index in [1.165, 1.54) is 0 Å². The first-order chi connectivity index (χ1) is 11.6. The van der Waals surface area contributed by atoms with Crippen molar-refractivity contribution in [2.24, 2.45) is 5.10 Å². The molecule has 0 radical (unpaired) electrons. The summed E-state index contributed by atoms with van der Waals surface area (Å²) < 4.78 is 5.73. The summed E-state index contributed by atoms with van der Waals surface area (Å²) in [6.07, 6.45) is 3.58. The van der Waals surface area contributed by atoms with Gasteiger partial charge in [-0.2, -0.15) is 5.10 Å². The smallest absolute Gasteiger partial charge is 0.271 e. The molecule has 0 saturated carbocycles. The van der Waals surface area contributed by atoms with E-state index in [0.29, 0.717) is 22.9 Å². The zero-order valence-electron chi connectivity index (χ0n) is 13.9. The maximum Gasteiger partial charge on any atom is 0.271 e. The van der Waals surface area contributed by atoms with Crippen LogP contribution in [-0.4, -0.2) is 18.7 Å². The zero-order valence-corrected chi connectivity index (χ0v) is 14.6. The Morgan fingerprint density at radius 1 is 1.25 bits per heavy atom. The summed E-state index contributed by atoms with van der Waals surface area (Å²) in [5, 5.41) is 4.59. The Labute approximate surface area is 147 Å². The van der Waals surface area contributed by atoms with E-state index in [-0.39, 0.29) is 5.91 Å². The van der Waals surface area contributed by atoms with Gasteiger partial charge in [0.1, 0.15) is 5.75 Å². The fraction of sp³-hybridized carbons (Fsp3) is 0.263. The molecule has 0 fully saturated rings. The molecule has 0 spiro atoms. The number of hydrogen-bond donors (Lipinski definition) is 1. The third kappa shape index (κ3) is 5.39. The van der Waals surface area contributed by atoms with Crippen LogP contribution >= 0.6 is 11.6 Å². The molecule has 0 bridgehead atoms. The number of rotatable bonds is 7. The first-order valence-electron chi connectivity index (χ1n) is 7.92. The number of carbonyl (C=O) groups is 1. The van der Waals surface area contributed by atoms with Gasteiger partial charge >= 0.3 is 0 Å². The fourth-order valence-electron chi connectivity index (χ4n) is 2.01. The van der Waals surface area contributed by atoms with Gasteiger partial charge in [0.05, 0.1) is 12.8 Å². The number of nitrogens with one attached hydrogen (secondary N) is 1. The number of halogens is 1. The molecule has 0 atom stereocenters. The normalized spacial score (nSPS) is 10.8. The molecule has 0 unspecified atom stereocenters. The minimum atomic E-state index is -0.262. The van der Waals surface area contributed by atoms with Gasteiger partial charge in [-0.3, -0.25) is 4.79 Å². The van der Waals surface area contributed by atoms with Crippen LogP contribution in [0.1, 0.15) is 41.3 Å². The summed E-state index contributed by atoms with van der Waals surface area (Å²) >= 11 is 6.03. The van der Waals surface area contributed by atoms with Gasteiger partial charge in [-0.25, -0.2) is 5.43 Å². The highest BCUT2D eigenvalue weighted by molar-refractivity contribution is 6.30. The van der Waals surface area contributed by atoms with Gasteiger partial charge in [0.15, 0.2) is 0 Å². The SMILES string of the molecule is CCCCOc1ccc(Cl)cc1/C=N/NC(=O)c1ccc(C)cc1. The Morgan fingerprint density at radius 2 is 2.00 bits per heavy atom. The van der Waals surface area contributed by atoms with Crippen molar-refractivity contribution in [3.8, 4) is 5.75 Å². The van der Waals surface area contributed by atoms with Gasteiger partial charge < -0.3 is 4.74 Å². The lowest BCUT2D eigenvalue weighted by Crippen LogP contribution is -2.17. The molecule has 2 aromatic rings. The number of ether oxygens (including phenoxy) is 1. The fourth-order valence-corrected chi connectivity index (χ4v) is 2.19. The lowest BCUT2D eigenvalue weighted by molar-refractivity contribution is 0.0955. The highest BCUT2D eigenvalue weighted by atomic mass is 35.5. The quantitative estimate of drug-likeness (QED) is 0.453. The summed E-state index contributed by atoms with van der Waals surface area (Å²) in [4.78, 5) is 12.0. The summed E-state index contributed by atoms with van der Waals surface area (Å²) in [6, 6.07) is 12.6. The van der Waals surface area contributed by atoms with Gasteiger partial charge in [0, 0.05) is 16.1 Å². The van der Waals surface area contributed by atoms with E-state index < -0.39 is 0 Å². The van der Waals surface area contributed by atoms with Crippen LogP contribution in [0.15, 0.2) is 47.6 Å². The van der Waals surface area contributed by atoms with E-state index in [1.54, 1.807) is 36.5 Å². The van der Waals surface area contributed by atoms with Crippen molar-refractivity contribution in [3.63, 3.8) is 0 Å². The van der Waals surface area contributed by atoms with Gasteiger partial charge in [-0.15, -0.1) is 0 Å². The van der Waals surface area contributed by atoms with Crippen LogP contribution in [0.25, 0.3) is 0 Å². The lowest BCUT2D eigenvalue weighted by Gasteiger charge is -2.08. The molecule has 0 saturated heterocycles. The molecule has 0 aliphatic carbocycles. The van der Waals surface area contributed by atoms with E-state index >= 15 is 0 Å². The topological polar surface area (TPSA) is 50.7 Å². The van der Waals surface area contributed by atoms with E-state index in [1.807, 2.05) is 19.1 Å². The maximum atomic E-state index is 12.0. The Morgan fingerprint density at radius 3 is 2.71 bits per heavy atom. The molecule has 0 heterocycles. The third-order valence-electron chi connectivity index (χ3n) is 3.41. The van der Waals surface area contributed by atoms with Gasteiger partial charge in [-0.1, -0.05) is 42.6 Å². The molecule has 126 valence electrons. The second-order valence-corrected chi connectivity index (χ2v) is 5.89. The number of nitrogens with zero attached hydrogens (tertiary/aromatic N) is 1. The van der Waals surface area contributed by atoms with E-state index in [0.717, 1.165) is 24.0 Å². The summed E-state index contributed by atoms with van der Waals surface area (Å²) in [7, 11) is 0. The number of amides is 1. The largest absolute Gasteiger partial charge is 0.493 e. The lowest BCUT2D eigenvalue weighted by atomic mass is 10.1. The van der Waals surface area contributed by atoms with Crippen LogP contribution in [-0.2, 0) is 0 Å². The molecule has 1 amide bonds. The number of benzene rings is 2. The van der Waals surface area contributed by atoms with Crippen LogP contribution < -0.4 is 10.2 Å². The Balaban J connectivity index is 2.03. The molecular weight excluding hydrogens is 324 g/mol. The van der Waals surface area contributed by atoms with Crippen LogP contribution in [0.3, 0.4) is 0 Å². The highest BCUT2D eigenvalue weighted by Gasteiger charge is 2.05. The molecule has 5 heteroatoms. The first kappa shape index (κ1) is 18.0. The van der Waals surface area contributed by atoms with E-state index in [2.05, 4.69) is 17.5 Å². The second kappa shape index (κ2) is 9.08. The minimum absolute atomic E-state index is 0.262. The van der Waals surface area contributed by atoms with Crippen molar-refractivity contribution in [3.05, 3.63) is 64.2 Å². The third-order valence-corrected chi connectivity index (χ3v) is 3.65. The first-order valence-corrected chi connectivity index (χ1v) is 8.30. The predicted octanol–water partition coefficient (Wildman–Crippen LogP) is 4.59. The van der Waals surface area contributed by atoms with Gasteiger partial charge in [0.25, 0.3) is 5.91 Å². The van der Waals surface area contributed by atoms with Crippen LogP contribution in [0, 0.1) is 6.92 Å². The summed E-state index contributed by atoms with van der Waals surface area (Å²) in [5.41, 5.74) is 4.90. The van der Waals surface area contributed by atoms with Crippen molar-refractivity contribution < 1.29 is 9.53 Å². The highest BCUT2D eigenvalue weighted by Crippen LogP contribution is 2.21. The van der Waals surface area contributed by atoms with Crippen molar-refractivity contribution in [1.29, 1.82) is 0 Å². The number of hydrazone groups is 1. The number of hydrogen-bond acceptors (Lipinski definition) is 3. The average Bonchev–Trinajstić information content (AvgIpc) is 2.57. The molecule has 0 aliphatic rings. The van der Waals surface area contributed by atoms with Crippen molar-refractivity contribution in [2.45, 2.75) is 26.7 Å². The monoisotopic (exact) mass is 344 g/mol. The number of unbranched alkanes of at least 4 members (excludes halogenated alkanes) is 1. The molecule has 1 N–H and O–H groups in total. The Kier molecular flexibility index (Phi) is 6.82. The molecule has 24 heavy (non-hydrogen) atoms. The zero-order chi connectivity index (χ0) is 17.4. The van der Waals surface area contributed by atoms with Gasteiger partial charge in [0.2, 0.25) is 0 Å². The van der Waals surface area contributed by atoms with Gasteiger partial charge in [-0.05, 0) is 43.7 Å². The Bertz CT molecular complexity index is 712. The van der Waals surface area contributed by atoms with E-state index in [9.17, 15) is 4.79 Å². The summed E-state index contributed by atoms with van der Waals surface area (Å²) in [6.45, 7) is 4.71. The minimum Gasteiger partial charge on any atom is -0.493 e. The molecular formula is C19H21ClN2O2. The Hall–Kier alpha value is -2.33. The number of carbonyl (C=O) groups excluding carboxylic acids is 1. The molecule has 0 aromatic heterocycles. The van der Waals surface area contributed by atoms with Crippen LogP contribution in [0.4, 0.5) is 0 Å². The second-order valence-electron chi connectivity index (χ2n) is 5.45. The summed E-state index contributed by atoms with van der Waals surface area (Å²) in [5.74, 6) is 0.433. The molecule has 2 rings (SSSR count). The van der Waals surface area contributed by atoms with Crippen molar-refractivity contribution in [2.75, 3.05) is 6.61 Å².